The van der Waals surface area contributed by atoms with Crippen molar-refractivity contribution in [2.75, 3.05) is 19.8 Å². The molecule has 1 aliphatic heterocycles. The van der Waals surface area contributed by atoms with Crippen LogP contribution in [0.1, 0.15) is 21.1 Å². The first-order valence-corrected chi connectivity index (χ1v) is 8.13. The quantitative estimate of drug-likeness (QED) is 0.921. The van der Waals surface area contributed by atoms with Crippen LogP contribution in [0.4, 0.5) is 0 Å². The van der Waals surface area contributed by atoms with Gasteiger partial charge < -0.3 is 14.7 Å². The van der Waals surface area contributed by atoms with Crippen molar-refractivity contribution in [3.8, 4) is 0 Å². The van der Waals surface area contributed by atoms with Gasteiger partial charge in [0.1, 0.15) is 5.69 Å². The molecule has 1 atom stereocenters. The molecule has 0 unspecified atom stereocenters. The molecule has 1 aliphatic rings. The molecule has 1 aromatic heterocycles. The predicted octanol–water partition coefficient (Wildman–Crippen LogP) is 1.66. The minimum absolute atomic E-state index is 0.0160. The lowest BCUT2D eigenvalue weighted by molar-refractivity contribution is -0.147. The highest BCUT2D eigenvalue weighted by Gasteiger charge is 2.34. The Bertz CT molecular complexity index is 701. The van der Waals surface area contributed by atoms with Crippen molar-refractivity contribution in [3.63, 3.8) is 0 Å². The van der Waals surface area contributed by atoms with Crippen LogP contribution in [-0.2, 0) is 16.0 Å². The maximum Gasteiger partial charge on any atom is 0.328 e. The Labute approximate surface area is 137 Å². The molecule has 1 fully saturated rings. The van der Waals surface area contributed by atoms with Crippen molar-refractivity contribution in [3.05, 3.63) is 52.0 Å². The van der Waals surface area contributed by atoms with E-state index in [1.807, 2.05) is 30.3 Å². The summed E-state index contributed by atoms with van der Waals surface area (Å²) in [5.74, 6) is -1.41. The number of morpholine rings is 1. The van der Waals surface area contributed by atoms with Gasteiger partial charge in [0.2, 0.25) is 0 Å². The monoisotopic (exact) mass is 332 g/mol. The van der Waals surface area contributed by atoms with Gasteiger partial charge in [-0.05, 0) is 5.56 Å². The highest BCUT2D eigenvalue weighted by atomic mass is 32.1. The van der Waals surface area contributed by atoms with Gasteiger partial charge in [0.25, 0.3) is 5.91 Å². The number of thiazole rings is 1. The van der Waals surface area contributed by atoms with Crippen molar-refractivity contribution in [1.29, 1.82) is 0 Å². The fourth-order valence-electron chi connectivity index (χ4n) is 2.46. The van der Waals surface area contributed by atoms with E-state index in [9.17, 15) is 14.7 Å². The molecular formula is C16H16N2O4S. The largest absolute Gasteiger partial charge is 0.480 e. The summed E-state index contributed by atoms with van der Waals surface area (Å²) >= 11 is 1.41. The molecule has 0 radical (unpaired) electrons. The number of amides is 1. The Morgan fingerprint density at radius 1 is 1.35 bits per heavy atom. The number of benzene rings is 1. The molecular weight excluding hydrogens is 316 g/mol. The molecule has 120 valence electrons. The van der Waals surface area contributed by atoms with E-state index in [0.717, 1.165) is 10.6 Å². The van der Waals surface area contributed by atoms with Crippen LogP contribution < -0.4 is 0 Å². The normalized spacial score (nSPS) is 17.9. The molecule has 0 spiro atoms. The first kappa shape index (κ1) is 15.6. The number of hydrogen-bond acceptors (Lipinski definition) is 5. The summed E-state index contributed by atoms with van der Waals surface area (Å²) in [5.41, 5.74) is 1.42. The highest BCUT2D eigenvalue weighted by molar-refractivity contribution is 7.09. The second-order valence-electron chi connectivity index (χ2n) is 5.22. The SMILES string of the molecule is O=C(O)[C@@H]1COCCN1C(=O)c1csc(Cc2ccccc2)n1. The van der Waals surface area contributed by atoms with Gasteiger partial charge in [-0.15, -0.1) is 11.3 Å². The summed E-state index contributed by atoms with van der Waals surface area (Å²) in [4.78, 5) is 29.5. The number of rotatable bonds is 4. The third kappa shape index (κ3) is 3.57. The molecule has 2 aromatic rings. The smallest absolute Gasteiger partial charge is 0.328 e. The van der Waals surface area contributed by atoms with Gasteiger partial charge >= 0.3 is 5.97 Å². The number of ether oxygens (including phenoxy) is 1. The molecule has 1 N–H and O–H groups in total. The van der Waals surface area contributed by atoms with Crippen LogP contribution >= 0.6 is 11.3 Å². The van der Waals surface area contributed by atoms with Crippen LogP contribution in [0.3, 0.4) is 0 Å². The molecule has 7 heteroatoms. The van der Waals surface area contributed by atoms with Crippen molar-refractivity contribution in [1.82, 2.24) is 9.88 Å². The van der Waals surface area contributed by atoms with Gasteiger partial charge in [0.15, 0.2) is 6.04 Å². The molecule has 1 saturated heterocycles. The third-order valence-electron chi connectivity index (χ3n) is 3.64. The number of nitrogens with zero attached hydrogens (tertiary/aromatic N) is 2. The zero-order valence-corrected chi connectivity index (χ0v) is 13.2. The summed E-state index contributed by atoms with van der Waals surface area (Å²) in [6.45, 7) is 0.625. The van der Waals surface area contributed by atoms with Crippen LogP contribution in [0.5, 0.6) is 0 Å². The van der Waals surface area contributed by atoms with Crippen LogP contribution in [0, 0.1) is 0 Å². The van der Waals surface area contributed by atoms with Gasteiger partial charge in [-0.3, -0.25) is 4.79 Å². The molecule has 0 bridgehead atoms. The summed E-state index contributed by atoms with van der Waals surface area (Å²) in [5, 5.41) is 11.7. The second-order valence-corrected chi connectivity index (χ2v) is 6.16. The number of carbonyl (C=O) groups excluding carboxylic acids is 1. The first-order chi connectivity index (χ1) is 11.1. The molecule has 2 heterocycles. The predicted molar refractivity (Wildman–Crippen MR) is 84.6 cm³/mol. The molecule has 1 amide bonds. The van der Waals surface area contributed by atoms with E-state index < -0.39 is 12.0 Å². The summed E-state index contributed by atoms with van der Waals surface area (Å²) in [6.07, 6.45) is 0.657. The van der Waals surface area contributed by atoms with E-state index >= 15 is 0 Å². The van der Waals surface area contributed by atoms with Crippen LogP contribution in [0.15, 0.2) is 35.7 Å². The van der Waals surface area contributed by atoms with Crippen molar-refractivity contribution < 1.29 is 19.4 Å². The van der Waals surface area contributed by atoms with E-state index in [2.05, 4.69) is 4.98 Å². The van der Waals surface area contributed by atoms with E-state index in [4.69, 9.17) is 4.74 Å². The number of carboxylic acid groups (broad SMARTS) is 1. The fourth-order valence-corrected chi connectivity index (χ4v) is 3.26. The minimum Gasteiger partial charge on any atom is -0.480 e. The Balaban J connectivity index is 1.74. The average molecular weight is 332 g/mol. The lowest BCUT2D eigenvalue weighted by Crippen LogP contribution is -2.52. The van der Waals surface area contributed by atoms with Gasteiger partial charge in [0.05, 0.1) is 18.2 Å². The standard InChI is InChI=1S/C16H16N2O4S/c19-15(18-6-7-22-9-13(18)16(20)21)12-10-23-14(17-12)8-11-4-2-1-3-5-11/h1-5,10,13H,6-9H2,(H,20,21)/t13-/m0/s1. The zero-order valence-electron chi connectivity index (χ0n) is 12.3. The molecule has 6 nitrogen and oxygen atoms in total. The minimum atomic E-state index is -1.06. The molecule has 23 heavy (non-hydrogen) atoms. The van der Waals surface area contributed by atoms with Crippen molar-refractivity contribution >= 4 is 23.2 Å². The lowest BCUT2D eigenvalue weighted by Gasteiger charge is -2.32. The maximum absolute atomic E-state index is 12.5. The Morgan fingerprint density at radius 3 is 2.87 bits per heavy atom. The molecule has 3 rings (SSSR count). The topological polar surface area (TPSA) is 79.7 Å². The molecule has 1 aromatic carbocycles. The van der Waals surface area contributed by atoms with Crippen LogP contribution in [0.25, 0.3) is 0 Å². The van der Waals surface area contributed by atoms with Gasteiger partial charge in [-0.25, -0.2) is 9.78 Å². The van der Waals surface area contributed by atoms with Gasteiger partial charge in [-0.2, -0.15) is 0 Å². The van der Waals surface area contributed by atoms with E-state index in [0.29, 0.717) is 18.7 Å². The van der Waals surface area contributed by atoms with Crippen molar-refractivity contribution in [2.24, 2.45) is 0 Å². The number of aliphatic carboxylic acids is 1. The zero-order chi connectivity index (χ0) is 16.2. The highest BCUT2D eigenvalue weighted by Crippen LogP contribution is 2.18. The Kier molecular flexibility index (Phi) is 4.68. The fraction of sp³-hybridized carbons (Fsp3) is 0.312. The number of hydrogen-bond donors (Lipinski definition) is 1. The Hall–Kier alpha value is -2.25. The molecule has 0 aliphatic carbocycles. The van der Waals surface area contributed by atoms with E-state index in [1.165, 1.54) is 16.2 Å². The first-order valence-electron chi connectivity index (χ1n) is 7.25. The van der Waals surface area contributed by atoms with Gasteiger partial charge in [0, 0.05) is 18.3 Å². The van der Waals surface area contributed by atoms with Gasteiger partial charge in [-0.1, -0.05) is 30.3 Å². The summed E-state index contributed by atoms with van der Waals surface area (Å²) in [6, 6.07) is 8.93. The maximum atomic E-state index is 12.5. The second kappa shape index (κ2) is 6.89. The van der Waals surface area contributed by atoms with Crippen LogP contribution in [0.2, 0.25) is 0 Å². The van der Waals surface area contributed by atoms with E-state index in [1.54, 1.807) is 5.38 Å². The average Bonchev–Trinajstić information content (AvgIpc) is 3.03. The molecule has 0 saturated carbocycles. The Morgan fingerprint density at radius 2 is 2.13 bits per heavy atom. The summed E-state index contributed by atoms with van der Waals surface area (Å²) < 4.78 is 5.15. The lowest BCUT2D eigenvalue weighted by atomic mass is 10.2. The van der Waals surface area contributed by atoms with E-state index in [-0.39, 0.29) is 19.1 Å². The number of aromatic nitrogens is 1. The number of carbonyl (C=O) groups is 2. The number of carboxylic acids is 1. The van der Waals surface area contributed by atoms with Crippen LogP contribution in [-0.4, -0.2) is 52.7 Å². The summed E-state index contributed by atoms with van der Waals surface area (Å²) in [7, 11) is 0. The third-order valence-corrected chi connectivity index (χ3v) is 4.49. The van der Waals surface area contributed by atoms with Crippen molar-refractivity contribution in [2.45, 2.75) is 12.5 Å².